The van der Waals surface area contributed by atoms with Gasteiger partial charge in [-0.3, -0.25) is 0 Å². The molecule has 3 aromatic heterocycles. The molecule has 8 heteroatoms. The van der Waals surface area contributed by atoms with Gasteiger partial charge in [0.05, 0.1) is 24.2 Å². The largest absolute Gasteiger partial charge is 0.459 e. The van der Waals surface area contributed by atoms with Gasteiger partial charge in [-0.1, -0.05) is 12.1 Å². The highest BCUT2D eigenvalue weighted by molar-refractivity contribution is 5.42. The van der Waals surface area contributed by atoms with Gasteiger partial charge in [0, 0.05) is 0 Å². The van der Waals surface area contributed by atoms with Crippen molar-refractivity contribution >= 4 is 0 Å². The van der Waals surface area contributed by atoms with Gasteiger partial charge in [-0.25, -0.2) is 4.68 Å². The van der Waals surface area contributed by atoms with Gasteiger partial charge < -0.3 is 14.6 Å². The lowest BCUT2D eigenvalue weighted by molar-refractivity contribution is 0.454. The van der Waals surface area contributed by atoms with Crippen molar-refractivity contribution in [3.63, 3.8) is 0 Å². The van der Waals surface area contributed by atoms with Gasteiger partial charge in [-0.05, 0) is 18.6 Å². The summed E-state index contributed by atoms with van der Waals surface area (Å²) < 4.78 is 12.3. The van der Waals surface area contributed by atoms with Crippen molar-refractivity contribution in [1.29, 1.82) is 0 Å². The van der Waals surface area contributed by atoms with Crippen LogP contribution in [0, 0.1) is 0 Å². The van der Waals surface area contributed by atoms with Crippen LogP contribution in [0.5, 0.6) is 0 Å². The van der Waals surface area contributed by atoms with Crippen molar-refractivity contribution in [2.24, 2.45) is 5.73 Å². The summed E-state index contributed by atoms with van der Waals surface area (Å²) in [4.78, 5) is 0. The second-order valence-electron chi connectivity index (χ2n) is 4.33. The second kappa shape index (κ2) is 5.25. The Balaban J connectivity index is 1.73. The Bertz CT molecular complexity index is 672. The molecule has 0 fully saturated rings. The van der Waals surface area contributed by atoms with E-state index in [1.165, 1.54) is 0 Å². The van der Waals surface area contributed by atoms with E-state index in [0.717, 1.165) is 12.1 Å². The van der Waals surface area contributed by atoms with Crippen LogP contribution >= 0.6 is 0 Å². The van der Waals surface area contributed by atoms with Gasteiger partial charge in [0.1, 0.15) is 6.54 Å². The summed E-state index contributed by atoms with van der Waals surface area (Å²) in [5.74, 6) is 1.31. The van der Waals surface area contributed by atoms with E-state index in [0.29, 0.717) is 24.1 Å². The highest BCUT2D eigenvalue weighted by atomic mass is 16.4. The van der Waals surface area contributed by atoms with Crippen molar-refractivity contribution in [2.75, 3.05) is 0 Å². The average molecular weight is 274 g/mol. The molecule has 1 unspecified atom stereocenters. The van der Waals surface area contributed by atoms with Crippen LogP contribution in [0.15, 0.2) is 33.4 Å². The molecule has 0 aromatic carbocycles. The lowest BCUT2D eigenvalue weighted by atomic mass is 10.2. The molecule has 3 aromatic rings. The molecule has 0 bridgehead atoms. The van der Waals surface area contributed by atoms with Crippen molar-refractivity contribution in [3.8, 4) is 11.7 Å². The minimum Gasteiger partial charge on any atom is -0.459 e. The molecule has 104 valence electrons. The number of nitrogens with zero attached hydrogens (tertiary/aromatic N) is 5. The maximum Gasteiger partial charge on any atom is 0.283 e. The summed E-state index contributed by atoms with van der Waals surface area (Å²) in [6.07, 6.45) is 4.14. The quantitative estimate of drug-likeness (QED) is 0.748. The lowest BCUT2D eigenvalue weighted by Crippen LogP contribution is -2.08. The molecule has 20 heavy (non-hydrogen) atoms. The normalized spacial score (nSPS) is 12.7. The van der Waals surface area contributed by atoms with E-state index >= 15 is 0 Å². The molecular formula is C12H14N6O2. The average Bonchev–Trinajstić information content (AvgIpc) is 3.19. The molecule has 0 amide bonds. The van der Waals surface area contributed by atoms with Crippen LogP contribution in [0.2, 0.25) is 0 Å². The standard InChI is InChI=1S/C12H14N6O2/c1-2-8(13)9-6-18(17-14-9)7-11-15-16-12(20-11)10-4-3-5-19-10/h3-6,8H,2,7,13H2,1H3. The zero-order valence-corrected chi connectivity index (χ0v) is 10.9. The maximum atomic E-state index is 5.89. The summed E-state index contributed by atoms with van der Waals surface area (Å²) in [7, 11) is 0. The zero-order valence-electron chi connectivity index (χ0n) is 10.9. The number of hydrogen-bond donors (Lipinski definition) is 1. The first-order chi connectivity index (χ1) is 9.76. The van der Waals surface area contributed by atoms with Crippen LogP contribution in [0.4, 0.5) is 0 Å². The number of furan rings is 1. The van der Waals surface area contributed by atoms with Crippen molar-refractivity contribution in [2.45, 2.75) is 25.9 Å². The first kappa shape index (κ1) is 12.5. The van der Waals surface area contributed by atoms with E-state index < -0.39 is 0 Å². The van der Waals surface area contributed by atoms with Crippen LogP contribution in [0.3, 0.4) is 0 Å². The van der Waals surface area contributed by atoms with Crippen molar-refractivity contribution < 1.29 is 8.83 Å². The molecule has 1 atom stereocenters. The first-order valence-electron chi connectivity index (χ1n) is 6.28. The minimum absolute atomic E-state index is 0.106. The summed E-state index contributed by atoms with van der Waals surface area (Å²) in [6, 6.07) is 3.41. The van der Waals surface area contributed by atoms with E-state index in [4.69, 9.17) is 14.6 Å². The smallest absolute Gasteiger partial charge is 0.283 e. The molecule has 0 radical (unpaired) electrons. The molecule has 2 N–H and O–H groups in total. The van der Waals surface area contributed by atoms with Crippen LogP contribution < -0.4 is 5.73 Å². The third-order valence-corrected chi connectivity index (χ3v) is 2.87. The third-order valence-electron chi connectivity index (χ3n) is 2.87. The van der Waals surface area contributed by atoms with E-state index in [9.17, 15) is 0 Å². The monoisotopic (exact) mass is 274 g/mol. The Morgan fingerprint density at radius 3 is 3.00 bits per heavy atom. The molecule has 0 saturated heterocycles. The van der Waals surface area contributed by atoms with Gasteiger partial charge in [-0.15, -0.1) is 15.3 Å². The van der Waals surface area contributed by atoms with E-state index in [2.05, 4.69) is 20.5 Å². The summed E-state index contributed by atoms with van der Waals surface area (Å²) >= 11 is 0. The fourth-order valence-electron chi connectivity index (χ4n) is 1.73. The Hall–Kier alpha value is -2.48. The maximum absolute atomic E-state index is 5.89. The number of aromatic nitrogens is 5. The summed E-state index contributed by atoms with van der Waals surface area (Å²) in [5.41, 5.74) is 6.64. The molecular weight excluding hydrogens is 260 g/mol. The predicted octanol–water partition coefficient (Wildman–Crippen LogP) is 1.38. The Kier molecular flexibility index (Phi) is 3.30. The van der Waals surface area contributed by atoms with E-state index in [1.807, 2.05) is 6.92 Å². The zero-order chi connectivity index (χ0) is 13.9. The molecule has 8 nitrogen and oxygen atoms in total. The highest BCUT2D eigenvalue weighted by Crippen LogP contribution is 2.18. The Morgan fingerprint density at radius 1 is 1.35 bits per heavy atom. The molecule has 0 aliphatic rings. The van der Waals surface area contributed by atoms with Crippen LogP contribution in [-0.2, 0) is 6.54 Å². The fraction of sp³-hybridized carbons (Fsp3) is 0.333. The second-order valence-corrected chi connectivity index (χ2v) is 4.33. The van der Waals surface area contributed by atoms with Crippen LogP contribution in [0.25, 0.3) is 11.7 Å². The SMILES string of the molecule is CCC(N)c1cn(Cc2nnc(-c3ccco3)o2)nn1. The number of nitrogens with two attached hydrogens (primary N) is 1. The molecule has 0 aliphatic heterocycles. The van der Waals surface area contributed by atoms with E-state index in [1.54, 1.807) is 29.3 Å². The van der Waals surface area contributed by atoms with Crippen LogP contribution in [0.1, 0.15) is 31.0 Å². The van der Waals surface area contributed by atoms with Gasteiger partial charge in [0.2, 0.25) is 5.89 Å². The lowest BCUT2D eigenvalue weighted by Gasteiger charge is -2.01. The number of rotatable bonds is 5. The molecule has 0 aliphatic carbocycles. The number of hydrogen-bond acceptors (Lipinski definition) is 7. The highest BCUT2D eigenvalue weighted by Gasteiger charge is 2.13. The van der Waals surface area contributed by atoms with Crippen molar-refractivity contribution in [1.82, 2.24) is 25.2 Å². The summed E-state index contributed by atoms with van der Waals surface area (Å²) in [5, 5.41) is 15.9. The first-order valence-corrected chi connectivity index (χ1v) is 6.28. The Labute approximate surface area is 114 Å². The molecule has 0 spiro atoms. The predicted molar refractivity (Wildman–Crippen MR) is 68.3 cm³/mol. The molecule has 3 rings (SSSR count). The van der Waals surface area contributed by atoms with Gasteiger partial charge in [0.15, 0.2) is 5.76 Å². The van der Waals surface area contributed by atoms with Gasteiger partial charge in [-0.2, -0.15) is 0 Å². The third kappa shape index (κ3) is 2.45. The topological polar surface area (TPSA) is 109 Å². The summed E-state index contributed by atoms with van der Waals surface area (Å²) in [6.45, 7) is 2.34. The van der Waals surface area contributed by atoms with Crippen molar-refractivity contribution in [3.05, 3.63) is 36.2 Å². The van der Waals surface area contributed by atoms with E-state index in [-0.39, 0.29) is 6.04 Å². The van der Waals surface area contributed by atoms with Gasteiger partial charge in [0.25, 0.3) is 5.89 Å². The fourth-order valence-corrected chi connectivity index (χ4v) is 1.73. The Morgan fingerprint density at radius 2 is 2.25 bits per heavy atom. The van der Waals surface area contributed by atoms with Gasteiger partial charge >= 0.3 is 0 Å². The molecule has 3 heterocycles. The molecule has 0 saturated carbocycles. The van der Waals surface area contributed by atoms with Crippen LogP contribution in [-0.4, -0.2) is 25.2 Å². The minimum atomic E-state index is -0.106.